The predicted octanol–water partition coefficient (Wildman–Crippen LogP) is 2.05. The zero-order valence-electron chi connectivity index (χ0n) is 6.84. The average Bonchev–Trinajstić information content (AvgIpc) is 2.71. The lowest BCUT2D eigenvalue weighted by molar-refractivity contribution is 1.06. The van der Waals surface area contributed by atoms with Crippen molar-refractivity contribution in [2.24, 2.45) is 0 Å². The van der Waals surface area contributed by atoms with E-state index in [-0.39, 0.29) is 0 Å². The molecule has 1 aromatic heterocycles. The molecule has 0 unspecified atom stereocenters. The van der Waals surface area contributed by atoms with Crippen molar-refractivity contribution in [3.63, 3.8) is 0 Å². The van der Waals surface area contributed by atoms with Gasteiger partial charge in [0.1, 0.15) is 5.82 Å². The fourth-order valence-corrected chi connectivity index (χ4v) is 1.06. The SMILES string of the molecule is [O-]N(c1ccccc1)c1ccn[nH]1. The van der Waals surface area contributed by atoms with Gasteiger partial charge >= 0.3 is 0 Å². The summed E-state index contributed by atoms with van der Waals surface area (Å²) in [6.45, 7) is 0. The van der Waals surface area contributed by atoms with Crippen LogP contribution in [-0.4, -0.2) is 10.2 Å². The Bertz CT molecular complexity index is 358. The highest BCUT2D eigenvalue weighted by Crippen LogP contribution is 2.20. The summed E-state index contributed by atoms with van der Waals surface area (Å²) in [5, 5.41) is 18.7. The summed E-state index contributed by atoms with van der Waals surface area (Å²) in [6, 6.07) is 10.6. The second kappa shape index (κ2) is 3.28. The summed E-state index contributed by atoms with van der Waals surface area (Å²) in [7, 11) is 0. The highest BCUT2D eigenvalue weighted by Gasteiger charge is 1.97. The van der Waals surface area contributed by atoms with Crippen LogP contribution in [0.5, 0.6) is 0 Å². The van der Waals surface area contributed by atoms with Crippen molar-refractivity contribution in [2.45, 2.75) is 0 Å². The number of para-hydroxylation sites is 1. The van der Waals surface area contributed by atoms with Crippen LogP contribution in [0.3, 0.4) is 0 Å². The van der Waals surface area contributed by atoms with Crippen molar-refractivity contribution in [1.29, 1.82) is 0 Å². The van der Waals surface area contributed by atoms with E-state index in [1.807, 2.05) is 18.2 Å². The summed E-state index contributed by atoms with van der Waals surface area (Å²) < 4.78 is 0. The molecule has 0 saturated carbocycles. The zero-order valence-corrected chi connectivity index (χ0v) is 6.84. The lowest BCUT2D eigenvalue weighted by atomic mass is 10.3. The van der Waals surface area contributed by atoms with Crippen LogP contribution < -0.4 is 5.06 Å². The second-order valence-electron chi connectivity index (χ2n) is 2.57. The molecule has 0 amide bonds. The van der Waals surface area contributed by atoms with Crippen LogP contribution in [0.2, 0.25) is 0 Å². The van der Waals surface area contributed by atoms with Crippen molar-refractivity contribution in [1.82, 2.24) is 10.2 Å². The van der Waals surface area contributed by atoms with Crippen molar-refractivity contribution < 1.29 is 0 Å². The van der Waals surface area contributed by atoms with Gasteiger partial charge in [-0.3, -0.25) is 5.10 Å². The fraction of sp³-hybridized carbons (Fsp3) is 0. The quantitative estimate of drug-likeness (QED) is 0.709. The van der Waals surface area contributed by atoms with Crippen molar-refractivity contribution in [3.8, 4) is 0 Å². The lowest BCUT2D eigenvalue weighted by Gasteiger charge is -2.28. The first-order chi connectivity index (χ1) is 6.38. The molecule has 1 aromatic carbocycles. The Morgan fingerprint density at radius 1 is 1.15 bits per heavy atom. The maximum absolute atomic E-state index is 11.6. The molecule has 0 aliphatic rings. The summed E-state index contributed by atoms with van der Waals surface area (Å²) in [5.41, 5.74) is 0.590. The third-order valence-corrected chi connectivity index (χ3v) is 1.70. The van der Waals surface area contributed by atoms with Gasteiger partial charge in [0.05, 0.1) is 6.20 Å². The summed E-state index contributed by atoms with van der Waals surface area (Å²) >= 11 is 0. The molecule has 0 bridgehead atoms. The number of hydrogen-bond acceptors (Lipinski definition) is 3. The van der Waals surface area contributed by atoms with E-state index in [9.17, 15) is 5.21 Å². The monoisotopic (exact) mass is 174 g/mol. The normalized spacial score (nSPS) is 9.92. The predicted molar refractivity (Wildman–Crippen MR) is 50.5 cm³/mol. The topological polar surface area (TPSA) is 55.0 Å². The maximum atomic E-state index is 11.6. The number of aromatic amines is 1. The summed E-state index contributed by atoms with van der Waals surface area (Å²) in [5.74, 6) is 0.436. The van der Waals surface area contributed by atoms with E-state index >= 15 is 0 Å². The molecule has 0 saturated heterocycles. The molecular weight excluding hydrogens is 166 g/mol. The smallest absolute Gasteiger partial charge is 0.117 e. The molecule has 0 atom stereocenters. The van der Waals surface area contributed by atoms with Gasteiger partial charge in [-0.05, 0) is 18.2 Å². The van der Waals surface area contributed by atoms with Crippen LogP contribution in [0.1, 0.15) is 0 Å². The van der Waals surface area contributed by atoms with Crippen LogP contribution in [0, 0.1) is 5.21 Å². The van der Waals surface area contributed by atoms with E-state index in [0.29, 0.717) is 11.5 Å². The largest absolute Gasteiger partial charge is 0.753 e. The number of nitrogens with one attached hydrogen (secondary N) is 1. The molecule has 2 rings (SSSR count). The molecule has 0 radical (unpaired) electrons. The standard InChI is InChI=1S/C9H8N3O/c13-12(9-6-7-10-11-9)8-4-2-1-3-5-8/h1-7H,(H,10,11)/q-1. The van der Waals surface area contributed by atoms with Gasteiger partial charge < -0.3 is 10.3 Å². The van der Waals surface area contributed by atoms with Crippen molar-refractivity contribution in [2.75, 3.05) is 5.06 Å². The molecule has 13 heavy (non-hydrogen) atoms. The minimum atomic E-state index is 0.436. The van der Waals surface area contributed by atoms with Crippen LogP contribution in [0.25, 0.3) is 0 Å². The summed E-state index contributed by atoms with van der Waals surface area (Å²) in [6.07, 6.45) is 1.54. The Hall–Kier alpha value is -1.81. The van der Waals surface area contributed by atoms with Gasteiger partial charge in [-0.25, -0.2) is 0 Å². The average molecular weight is 174 g/mol. The Kier molecular flexibility index (Phi) is 1.97. The third kappa shape index (κ3) is 1.52. The summed E-state index contributed by atoms with van der Waals surface area (Å²) in [4.78, 5) is 0. The molecule has 0 fully saturated rings. The molecule has 0 spiro atoms. The third-order valence-electron chi connectivity index (χ3n) is 1.70. The molecule has 1 heterocycles. The number of rotatable bonds is 2. The van der Waals surface area contributed by atoms with E-state index in [2.05, 4.69) is 10.2 Å². The molecule has 0 aliphatic carbocycles. The van der Waals surface area contributed by atoms with Crippen LogP contribution in [0.15, 0.2) is 42.6 Å². The first kappa shape index (κ1) is 7.82. The van der Waals surface area contributed by atoms with Gasteiger partial charge in [0, 0.05) is 5.69 Å². The number of H-pyrrole nitrogens is 1. The molecular formula is C9H8N3O-. The molecule has 2 aromatic rings. The Morgan fingerprint density at radius 3 is 2.54 bits per heavy atom. The number of benzene rings is 1. The number of nitrogens with zero attached hydrogens (tertiary/aromatic N) is 2. The van der Waals surface area contributed by atoms with Gasteiger partial charge in [-0.1, -0.05) is 18.2 Å². The van der Waals surface area contributed by atoms with Crippen LogP contribution >= 0.6 is 0 Å². The van der Waals surface area contributed by atoms with Crippen LogP contribution in [-0.2, 0) is 0 Å². The lowest BCUT2D eigenvalue weighted by Crippen LogP contribution is -2.06. The van der Waals surface area contributed by atoms with E-state index in [1.165, 1.54) is 0 Å². The van der Waals surface area contributed by atoms with Crippen molar-refractivity contribution in [3.05, 3.63) is 47.8 Å². The van der Waals surface area contributed by atoms with E-state index in [0.717, 1.165) is 5.06 Å². The van der Waals surface area contributed by atoms with Gasteiger partial charge in [0.15, 0.2) is 0 Å². The molecule has 4 heteroatoms. The fourth-order valence-electron chi connectivity index (χ4n) is 1.06. The first-order valence-electron chi connectivity index (χ1n) is 3.89. The van der Waals surface area contributed by atoms with E-state index < -0.39 is 0 Å². The first-order valence-corrected chi connectivity index (χ1v) is 3.89. The Balaban J connectivity index is 2.29. The maximum Gasteiger partial charge on any atom is 0.117 e. The van der Waals surface area contributed by atoms with Gasteiger partial charge in [0.2, 0.25) is 0 Å². The minimum Gasteiger partial charge on any atom is -0.753 e. The molecule has 66 valence electrons. The molecule has 0 aliphatic heterocycles. The molecule has 1 N–H and O–H groups in total. The Morgan fingerprint density at radius 2 is 1.92 bits per heavy atom. The highest BCUT2D eigenvalue weighted by atomic mass is 16.5. The second-order valence-corrected chi connectivity index (χ2v) is 2.57. The van der Waals surface area contributed by atoms with E-state index in [4.69, 9.17) is 0 Å². The highest BCUT2D eigenvalue weighted by molar-refractivity contribution is 5.59. The Labute approximate surface area is 75.4 Å². The number of aromatic nitrogens is 2. The van der Waals surface area contributed by atoms with Gasteiger partial charge in [-0.2, -0.15) is 5.10 Å². The van der Waals surface area contributed by atoms with Crippen molar-refractivity contribution >= 4 is 11.5 Å². The van der Waals surface area contributed by atoms with Crippen LogP contribution in [0.4, 0.5) is 11.5 Å². The minimum absolute atomic E-state index is 0.436. The van der Waals surface area contributed by atoms with E-state index in [1.54, 1.807) is 24.4 Å². The van der Waals surface area contributed by atoms with Gasteiger partial charge in [0.25, 0.3) is 0 Å². The van der Waals surface area contributed by atoms with Gasteiger partial charge in [-0.15, -0.1) is 0 Å². The molecule has 4 nitrogen and oxygen atoms in total. The zero-order chi connectivity index (χ0) is 9.10. The number of hydrogen-bond donors (Lipinski definition) is 1. The number of anilines is 2.